The third-order valence-electron chi connectivity index (χ3n) is 8.81. The molecule has 1 heterocycles. The summed E-state index contributed by atoms with van der Waals surface area (Å²) in [4.78, 5) is 1.65. The highest BCUT2D eigenvalue weighted by molar-refractivity contribution is 5.54. The van der Waals surface area contributed by atoms with E-state index in [1.54, 1.807) is 4.80 Å². The van der Waals surface area contributed by atoms with Crippen molar-refractivity contribution < 1.29 is 13.9 Å². The highest BCUT2D eigenvalue weighted by atomic mass is 19.3. The van der Waals surface area contributed by atoms with Crippen LogP contribution in [-0.2, 0) is 6.54 Å². The van der Waals surface area contributed by atoms with Gasteiger partial charge in [0.2, 0.25) is 5.82 Å². The zero-order chi connectivity index (χ0) is 25.4. The number of aryl methyl sites for hydroxylation is 1. The summed E-state index contributed by atoms with van der Waals surface area (Å²) < 4.78 is 28.8. The Kier molecular flexibility index (Phi) is 7.20. The minimum Gasteiger partial charge on any atom is -0.384 e. The van der Waals surface area contributed by atoms with E-state index in [1.807, 2.05) is 24.3 Å². The second kappa shape index (κ2) is 9.72. The fourth-order valence-corrected chi connectivity index (χ4v) is 6.51. The zero-order valence-corrected chi connectivity index (χ0v) is 21.8. The van der Waals surface area contributed by atoms with Crippen molar-refractivity contribution in [2.45, 2.75) is 97.6 Å². The largest absolute Gasteiger partial charge is 0.384 e. The Morgan fingerprint density at radius 1 is 1.23 bits per heavy atom. The molecule has 1 aromatic carbocycles. The van der Waals surface area contributed by atoms with E-state index >= 15 is 0 Å². The maximum Gasteiger partial charge on any atom is 0.275 e. The van der Waals surface area contributed by atoms with Crippen molar-refractivity contribution in [2.75, 3.05) is 0 Å². The molecule has 5 nitrogen and oxygen atoms in total. The summed E-state index contributed by atoms with van der Waals surface area (Å²) in [5, 5.41) is 22.9. The molecule has 35 heavy (non-hydrogen) atoms. The van der Waals surface area contributed by atoms with E-state index in [1.165, 1.54) is 25.0 Å². The molecular weight excluding hydrogens is 446 g/mol. The van der Waals surface area contributed by atoms with Gasteiger partial charge in [0.15, 0.2) is 0 Å². The van der Waals surface area contributed by atoms with Gasteiger partial charge in [0, 0.05) is 12.0 Å². The Morgan fingerprint density at radius 3 is 2.63 bits per heavy atom. The minimum absolute atomic E-state index is 0.135. The fourth-order valence-electron chi connectivity index (χ4n) is 6.51. The molecule has 4 atom stereocenters. The van der Waals surface area contributed by atoms with E-state index in [9.17, 15) is 13.9 Å². The topological polar surface area (TPSA) is 63.8 Å². The predicted octanol–water partition coefficient (Wildman–Crippen LogP) is 6.61. The van der Waals surface area contributed by atoms with Crippen LogP contribution >= 0.6 is 0 Å². The number of hydrogen-bond acceptors (Lipinski definition) is 4. The van der Waals surface area contributed by atoms with Gasteiger partial charge < -0.3 is 5.11 Å². The normalized spacial score (nSPS) is 27.3. The van der Waals surface area contributed by atoms with Crippen LogP contribution in [0.3, 0.4) is 0 Å². The van der Waals surface area contributed by atoms with Crippen molar-refractivity contribution in [1.82, 2.24) is 20.2 Å². The van der Waals surface area contributed by atoms with Gasteiger partial charge in [-0.3, -0.25) is 0 Å². The first-order valence-electron chi connectivity index (χ1n) is 13.0. The van der Waals surface area contributed by atoms with Gasteiger partial charge in [-0.1, -0.05) is 55.3 Å². The number of halogens is 2. The highest BCUT2D eigenvalue weighted by Gasteiger charge is 2.51. The minimum atomic E-state index is -3.07. The van der Waals surface area contributed by atoms with Crippen LogP contribution in [0.15, 0.2) is 35.9 Å². The third kappa shape index (κ3) is 5.35. The average molecular weight is 487 g/mol. The first kappa shape index (κ1) is 25.9. The summed E-state index contributed by atoms with van der Waals surface area (Å²) in [5.41, 5.74) is 1.77. The average Bonchev–Trinajstić information content (AvgIpc) is 3.40. The molecule has 1 aromatic heterocycles. The van der Waals surface area contributed by atoms with Crippen molar-refractivity contribution in [3.05, 3.63) is 41.5 Å². The lowest BCUT2D eigenvalue weighted by molar-refractivity contribution is -0.168. The molecule has 0 radical (unpaired) electrons. The van der Waals surface area contributed by atoms with Gasteiger partial charge in [-0.25, -0.2) is 8.78 Å². The van der Waals surface area contributed by atoms with Gasteiger partial charge in [-0.15, -0.1) is 10.2 Å². The summed E-state index contributed by atoms with van der Waals surface area (Å²) in [5.74, 6) is -1.33. The molecule has 2 aromatic rings. The number of hydrogen-bond donors (Lipinski definition) is 1. The molecule has 2 aliphatic rings. The maximum absolute atomic E-state index is 14.4. The molecular formula is C28H40F2N4O. The number of rotatable bonds is 8. The van der Waals surface area contributed by atoms with Crippen LogP contribution in [0, 0.1) is 30.1 Å². The third-order valence-corrected chi connectivity index (χ3v) is 8.81. The zero-order valence-electron chi connectivity index (χ0n) is 21.8. The standard InChI is InChI=1S/C28H40F2N4O/c1-19-8-10-22(11-9-19)25-31-33-34(32-25)18-15-21-7-6-16-27(5)23(12-13-24(21)27)20(2)14-17-28(29,30)26(3,4)35/h8-11,15,20,23-24,35H,6-7,12-14,16-18H2,1-5H3/b21-15+/t20-,23-,24+,27-/m1/s1. The Hall–Kier alpha value is -2.15. The van der Waals surface area contributed by atoms with Crippen molar-refractivity contribution in [2.24, 2.45) is 23.2 Å². The fraction of sp³-hybridized carbons (Fsp3) is 0.679. The highest BCUT2D eigenvalue weighted by Crippen LogP contribution is 2.60. The second-order valence-electron chi connectivity index (χ2n) is 11.7. The van der Waals surface area contributed by atoms with E-state index in [2.05, 4.69) is 42.3 Å². The number of alkyl halides is 2. The first-order valence-corrected chi connectivity index (χ1v) is 13.0. The van der Waals surface area contributed by atoms with E-state index < -0.39 is 11.5 Å². The van der Waals surface area contributed by atoms with Gasteiger partial charge in [-0.05, 0) is 87.7 Å². The maximum atomic E-state index is 14.4. The van der Waals surface area contributed by atoms with Crippen molar-refractivity contribution in [1.29, 1.82) is 0 Å². The molecule has 2 aliphatic carbocycles. The Morgan fingerprint density at radius 2 is 1.94 bits per heavy atom. The summed E-state index contributed by atoms with van der Waals surface area (Å²) in [6.45, 7) is 9.56. The van der Waals surface area contributed by atoms with Crippen LogP contribution < -0.4 is 0 Å². The lowest BCUT2D eigenvalue weighted by Crippen LogP contribution is -2.43. The number of nitrogens with zero attached hydrogens (tertiary/aromatic N) is 4. The lowest BCUT2D eigenvalue weighted by Gasteiger charge is -2.44. The van der Waals surface area contributed by atoms with Crippen molar-refractivity contribution in [3.8, 4) is 11.4 Å². The van der Waals surface area contributed by atoms with Crippen LogP contribution in [0.2, 0.25) is 0 Å². The number of fused-ring (bicyclic) bond motifs is 1. The molecule has 4 rings (SSSR count). The monoisotopic (exact) mass is 486 g/mol. The Bertz CT molecular complexity index is 1040. The lowest BCUT2D eigenvalue weighted by atomic mass is 9.60. The smallest absolute Gasteiger partial charge is 0.275 e. The number of aromatic nitrogens is 4. The van der Waals surface area contributed by atoms with Gasteiger partial charge in [0.25, 0.3) is 5.92 Å². The number of benzene rings is 1. The summed E-state index contributed by atoms with van der Waals surface area (Å²) in [7, 11) is 0. The molecule has 0 amide bonds. The summed E-state index contributed by atoms with van der Waals surface area (Å²) >= 11 is 0. The molecule has 2 fully saturated rings. The predicted molar refractivity (Wildman–Crippen MR) is 134 cm³/mol. The number of tetrazole rings is 1. The molecule has 0 saturated heterocycles. The van der Waals surface area contributed by atoms with Crippen molar-refractivity contribution >= 4 is 0 Å². The molecule has 192 valence electrons. The molecule has 0 aliphatic heterocycles. The van der Waals surface area contributed by atoms with E-state index in [4.69, 9.17) is 0 Å². The Labute approximate surface area is 208 Å². The molecule has 0 bridgehead atoms. The van der Waals surface area contributed by atoms with Crippen LogP contribution in [0.1, 0.15) is 78.2 Å². The Balaban J connectivity index is 1.42. The van der Waals surface area contributed by atoms with E-state index in [0.29, 0.717) is 30.6 Å². The summed E-state index contributed by atoms with van der Waals surface area (Å²) in [6, 6.07) is 8.12. The first-order chi connectivity index (χ1) is 16.4. The van der Waals surface area contributed by atoms with Crippen LogP contribution in [-0.4, -0.2) is 36.8 Å². The van der Waals surface area contributed by atoms with Crippen molar-refractivity contribution in [3.63, 3.8) is 0 Å². The molecule has 0 unspecified atom stereocenters. The number of allylic oxidation sites excluding steroid dienone is 2. The quantitative estimate of drug-likeness (QED) is 0.426. The molecule has 7 heteroatoms. The van der Waals surface area contributed by atoms with Crippen LogP contribution in [0.25, 0.3) is 11.4 Å². The second-order valence-corrected chi connectivity index (χ2v) is 11.7. The van der Waals surface area contributed by atoms with E-state index in [-0.39, 0.29) is 17.8 Å². The molecule has 0 spiro atoms. The van der Waals surface area contributed by atoms with Crippen LogP contribution in [0.4, 0.5) is 8.78 Å². The van der Waals surface area contributed by atoms with Gasteiger partial charge >= 0.3 is 0 Å². The molecule has 2 saturated carbocycles. The van der Waals surface area contributed by atoms with E-state index in [0.717, 1.165) is 37.7 Å². The van der Waals surface area contributed by atoms with Gasteiger partial charge in [0.1, 0.15) is 5.60 Å². The molecule has 1 N–H and O–H groups in total. The SMILES string of the molecule is Cc1ccc(-c2nnn(C/C=C3\CCC[C@]4(C)[C@@H]([C@H](C)CCC(F)(F)C(C)(C)O)CC[C@@H]34)n2)cc1. The van der Waals surface area contributed by atoms with Gasteiger partial charge in [-0.2, -0.15) is 4.80 Å². The van der Waals surface area contributed by atoms with Crippen LogP contribution in [0.5, 0.6) is 0 Å². The number of aliphatic hydroxyl groups is 1. The van der Waals surface area contributed by atoms with Gasteiger partial charge in [0.05, 0.1) is 6.54 Å². The summed E-state index contributed by atoms with van der Waals surface area (Å²) in [6.07, 6.45) is 7.99.